The van der Waals surface area contributed by atoms with Crippen LogP contribution in [-0.4, -0.2) is 65.7 Å². The van der Waals surface area contributed by atoms with Crippen LogP contribution >= 0.6 is 0 Å². The SMILES string of the molecule is CN(Cc1ccccc1S(=O)(=O)N1CCOCC1)Cc1nncn1C. The van der Waals surface area contributed by atoms with E-state index in [1.54, 1.807) is 18.5 Å². The van der Waals surface area contributed by atoms with E-state index in [4.69, 9.17) is 4.74 Å². The molecule has 0 aliphatic carbocycles. The third-order valence-electron chi connectivity index (χ3n) is 4.22. The van der Waals surface area contributed by atoms with Crippen LogP contribution in [0.5, 0.6) is 0 Å². The molecule has 1 aliphatic heterocycles. The van der Waals surface area contributed by atoms with Gasteiger partial charge in [0, 0.05) is 26.7 Å². The number of aromatic nitrogens is 3. The zero-order chi connectivity index (χ0) is 17.9. The van der Waals surface area contributed by atoms with Gasteiger partial charge < -0.3 is 9.30 Å². The summed E-state index contributed by atoms with van der Waals surface area (Å²) in [6, 6.07) is 7.17. The molecule has 1 aliphatic rings. The van der Waals surface area contributed by atoms with E-state index in [0.717, 1.165) is 11.4 Å². The maximum absolute atomic E-state index is 13.0. The maximum atomic E-state index is 13.0. The number of hydrogen-bond donors (Lipinski definition) is 0. The average molecular weight is 365 g/mol. The van der Waals surface area contributed by atoms with Crippen molar-refractivity contribution in [3.63, 3.8) is 0 Å². The number of morpholine rings is 1. The molecular weight excluding hydrogens is 342 g/mol. The van der Waals surface area contributed by atoms with Gasteiger partial charge in [0.15, 0.2) is 0 Å². The standard InChI is InChI=1S/C16H23N5O3S/c1-19(12-16-18-17-13-20(16)2)11-14-5-3-4-6-15(14)25(22,23)21-7-9-24-10-8-21/h3-6,13H,7-12H2,1-2H3. The van der Waals surface area contributed by atoms with Crippen molar-refractivity contribution in [1.82, 2.24) is 24.0 Å². The van der Waals surface area contributed by atoms with Gasteiger partial charge in [-0.3, -0.25) is 4.90 Å². The van der Waals surface area contributed by atoms with Gasteiger partial charge in [-0.2, -0.15) is 4.31 Å². The van der Waals surface area contributed by atoms with Crippen LogP contribution in [0.25, 0.3) is 0 Å². The quantitative estimate of drug-likeness (QED) is 0.740. The van der Waals surface area contributed by atoms with Gasteiger partial charge in [-0.1, -0.05) is 18.2 Å². The first-order valence-electron chi connectivity index (χ1n) is 8.15. The van der Waals surface area contributed by atoms with Crippen molar-refractivity contribution in [2.24, 2.45) is 7.05 Å². The van der Waals surface area contributed by atoms with E-state index in [1.807, 2.05) is 35.7 Å². The first kappa shape index (κ1) is 18.0. The van der Waals surface area contributed by atoms with Gasteiger partial charge in [0.2, 0.25) is 10.0 Å². The molecule has 9 heteroatoms. The van der Waals surface area contributed by atoms with Crippen LogP contribution in [0.15, 0.2) is 35.5 Å². The lowest BCUT2D eigenvalue weighted by Gasteiger charge is -2.27. The number of ether oxygens (including phenoxy) is 1. The Morgan fingerprint density at radius 2 is 1.92 bits per heavy atom. The smallest absolute Gasteiger partial charge is 0.243 e. The minimum atomic E-state index is -3.52. The van der Waals surface area contributed by atoms with Crippen LogP contribution in [0.3, 0.4) is 0 Å². The third kappa shape index (κ3) is 4.06. The summed E-state index contributed by atoms with van der Waals surface area (Å²) in [4.78, 5) is 2.39. The van der Waals surface area contributed by atoms with Crippen LogP contribution in [0, 0.1) is 0 Å². The van der Waals surface area contributed by atoms with Gasteiger partial charge in [0.05, 0.1) is 24.7 Å². The van der Waals surface area contributed by atoms with Gasteiger partial charge in [0.1, 0.15) is 12.2 Å². The van der Waals surface area contributed by atoms with Gasteiger partial charge in [-0.25, -0.2) is 8.42 Å². The van der Waals surface area contributed by atoms with E-state index < -0.39 is 10.0 Å². The first-order valence-corrected chi connectivity index (χ1v) is 9.59. The van der Waals surface area contributed by atoms with E-state index >= 15 is 0 Å². The molecule has 0 radical (unpaired) electrons. The summed E-state index contributed by atoms with van der Waals surface area (Å²) in [7, 11) is 0.311. The second kappa shape index (κ2) is 7.61. The number of hydrogen-bond acceptors (Lipinski definition) is 6. The summed E-state index contributed by atoms with van der Waals surface area (Å²) in [6.07, 6.45) is 1.65. The molecule has 25 heavy (non-hydrogen) atoms. The highest BCUT2D eigenvalue weighted by Crippen LogP contribution is 2.22. The summed E-state index contributed by atoms with van der Waals surface area (Å²) < 4.78 is 34.6. The molecule has 8 nitrogen and oxygen atoms in total. The van der Waals surface area contributed by atoms with Crippen molar-refractivity contribution in [1.29, 1.82) is 0 Å². The predicted molar refractivity (Wildman–Crippen MR) is 92.2 cm³/mol. The molecule has 2 heterocycles. The van der Waals surface area contributed by atoms with Gasteiger partial charge in [-0.15, -0.1) is 10.2 Å². The normalized spacial score (nSPS) is 16.4. The first-order chi connectivity index (χ1) is 12.0. The maximum Gasteiger partial charge on any atom is 0.243 e. The largest absolute Gasteiger partial charge is 0.379 e. The van der Waals surface area contributed by atoms with E-state index in [2.05, 4.69) is 10.2 Å². The fraction of sp³-hybridized carbons (Fsp3) is 0.500. The second-order valence-corrected chi connectivity index (χ2v) is 8.06. The van der Waals surface area contributed by atoms with Crippen LogP contribution in [0.4, 0.5) is 0 Å². The number of benzene rings is 1. The van der Waals surface area contributed by atoms with Crippen LogP contribution in [-0.2, 0) is 34.9 Å². The van der Waals surface area contributed by atoms with E-state index in [0.29, 0.717) is 44.3 Å². The fourth-order valence-corrected chi connectivity index (χ4v) is 4.47. The molecule has 2 aromatic rings. The monoisotopic (exact) mass is 365 g/mol. The molecule has 0 bridgehead atoms. The Morgan fingerprint density at radius 1 is 1.20 bits per heavy atom. The van der Waals surface area contributed by atoms with Crippen molar-refractivity contribution in [3.05, 3.63) is 42.0 Å². The Kier molecular flexibility index (Phi) is 5.48. The molecule has 0 unspecified atom stereocenters. The number of aryl methyl sites for hydroxylation is 1. The lowest BCUT2D eigenvalue weighted by atomic mass is 10.2. The Hall–Kier alpha value is -1.81. The Balaban J connectivity index is 1.79. The van der Waals surface area contributed by atoms with E-state index in [1.165, 1.54) is 4.31 Å². The van der Waals surface area contributed by atoms with Crippen LogP contribution in [0.1, 0.15) is 11.4 Å². The van der Waals surface area contributed by atoms with Crippen molar-refractivity contribution < 1.29 is 13.2 Å². The average Bonchev–Trinajstić information content (AvgIpc) is 3.01. The van der Waals surface area contributed by atoms with Crippen LogP contribution < -0.4 is 0 Å². The minimum absolute atomic E-state index is 0.363. The highest BCUT2D eigenvalue weighted by Gasteiger charge is 2.28. The Labute approximate surface area is 148 Å². The molecule has 0 N–H and O–H groups in total. The molecular formula is C16H23N5O3S. The Bertz CT molecular complexity index is 815. The van der Waals surface area contributed by atoms with Crippen molar-refractivity contribution in [3.8, 4) is 0 Å². The number of nitrogens with zero attached hydrogens (tertiary/aromatic N) is 5. The van der Waals surface area contributed by atoms with E-state index in [-0.39, 0.29) is 0 Å². The predicted octanol–water partition coefficient (Wildman–Crippen LogP) is 0.468. The molecule has 0 saturated carbocycles. The van der Waals surface area contributed by atoms with Crippen LogP contribution in [0.2, 0.25) is 0 Å². The third-order valence-corrected chi connectivity index (χ3v) is 6.22. The molecule has 136 valence electrons. The Morgan fingerprint density at radius 3 is 2.60 bits per heavy atom. The number of sulfonamides is 1. The van der Waals surface area contributed by atoms with E-state index in [9.17, 15) is 8.42 Å². The highest BCUT2D eigenvalue weighted by molar-refractivity contribution is 7.89. The molecule has 0 spiro atoms. The highest BCUT2D eigenvalue weighted by atomic mass is 32.2. The molecule has 0 amide bonds. The number of rotatable bonds is 6. The topological polar surface area (TPSA) is 80.6 Å². The summed E-state index contributed by atoms with van der Waals surface area (Å²) in [5, 5.41) is 7.94. The molecule has 1 aromatic carbocycles. The van der Waals surface area contributed by atoms with Gasteiger partial charge in [-0.05, 0) is 18.7 Å². The zero-order valence-electron chi connectivity index (χ0n) is 14.5. The zero-order valence-corrected chi connectivity index (χ0v) is 15.3. The van der Waals surface area contributed by atoms with Gasteiger partial charge >= 0.3 is 0 Å². The summed E-state index contributed by atoms with van der Waals surface area (Å²) in [6.45, 7) is 2.76. The summed E-state index contributed by atoms with van der Waals surface area (Å²) in [5.74, 6) is 0.830. The molecule has 0 atom stereocenters. The summed E-state index contributed by atoms with van der Waals surface area (Å²) in [5.41, 5.74) is 0.777. The minimum Gasteiger partial charge on any atom is -0.379 e. The van der Waals surface area contributed by atoms with Crippen molar-refractivity contribution >= 4 is 10.0 Å². The van der Waals surface area contributed by atoms with Crippen molar-refractivity contribution in [2.75, 3.05) is 33.4 Å². The molecule has 1 aromatic heterocycles. The molecule has 3 rings (SSSR count). The lowest BCUT2D eigenvalue weighted by molar-refractivity contribution is 0.0730. The lowest BCUT2D eigenvalue weighted by Crippen LogP contribution is -2.41. The van der Waals surface area contributed by atoms with Gasteiger partial charge in [0.25, 0.3) is 0 Å². The molecule has 1 saturated heterocycles. The second-order valence-electron chi connectivity index (χ2n) is 6.15. The molecule has 1 fully saturated rings. The fourth-order valence-electron chi connectivity index (χ4n) is 2.85. The summed E-state index contributed by atoms with van der Waals surface area (Å²) >= 11 is 0. The van der Waals surface area contributed by atoms with Crippen molar-refractivity contribution in [2.45, 2.75) is 18.0 Å².